The van der Waals surface area contributed by atoms with Crippen molar-refractivity contribution < 1.29 is 23.5 Å². The second-order valence-electron chi connectivity index (χ2n) is 4.48. The lowest BCUT2D eigenvalue weighted by molar-refractivity contribution is -0.146. The fourth-order valence-electron chi connectivity index (χ4n) is 1.19. The van der Waals surface area contributed by atoms with Gasteiger partial charge < -0.3 is 15.3 Å². The zero-order valence-electron chi connectivity index (χ0n) is 10.7. The summed E-state index contributed by atoms with van der Waals surface area (Å²) in [5, 5.41) is 11.1. The summed E-state index contributed by atoms with van der Waals surface area (Å²) in [4.78, 5) is 23.7. The largest absolute Gasteiger partial charge is 0.480 e. The number of carboxylic acid groups (broad SMARTS) is 1. The van der Waals surface area contributed by atoms with Gasteiger partial charge >= 0.3 is 12.0 Å². The Balaban J connectivity index is 2.91. The average molecular weight is 272 g/mol. The molecule has 0 atom stereocenters. The highest BCUT2D eigenvalue weighted by Crippen LogP contribution is 2.18. The summed E-state index contributed by atoms with van der Waals surface area (Å²) in [6.07, 6.45) is 0. The van der Waals surface area contributed by atoms with E-state index in [4.69, 9.17) is 5.11 Å². The van der Waals surface area contributed by atoms with Gasteiger partial charge in [0.1, 0.15) is 17.2 Å². The Labute approximate surface area is 108 Å². The smallest absolute Gasteiger partial charge is 0.329 e. The van der Waals surface area contributed by atoms with Crippen molar-refractivity contribution in [1.29, 1.82) is 0 Å². The molecule has 1 aromatic rings. The number of likely N-dealkylation sites (N-methyl/N-ethyl adjacent to an activating group) is 1. The molecule has 7 heteroatoms. The van der Waals surface area contributed by atoms with Gasteiger partial charge in [0.25, 0.3) is 0 Å². The quantitative estimate of drug-likeness (QED) is 0.887. The van der Waals surface area contributed by atoms with Crippen LogP contribution >= 0.6 is 0 Å². The van der Waals surface area contributed by atoms with Crippen molar-refractivity contribution in [2.24, 2.45) is 0 Å². The van der Waals surface area contributed by atoms with Crippen LogP contribution in [0.1, 0.15) is 13.8 Å². The number of hydrogen-bond acceptors (Lipinski definition) is 2. The van der Waals surface area contributed by atoms with E-state index in [2.05, 4.69) is 5.32 Å². The summed E-state index contributed by atoms with van der Waals surface area (Å²) in [6, 6.07) is 1.75. The van der Waals surface area contributed by atoms with Crippen molar-refractivity contribution in [2.75, 3.05) is 12.4 Å². The lowest BCUT2D eigenvalue weighted by Gasteiger charge is -2.31. The summed E-state index contributed by atoms with van der Waals surface area (Å²) in [6.45, 7) is 2.63. The van der Waals surface area contributed by atoms with Gasteiger partial charge in [-0.3, -0.25) is 0 Å². The van der Waals surface area contributed by atoms with Crippen LogP contribution in [0.15, 0.2) is 18.2 Å². The van der Waals surface area contributed by atoms with Crippen molar-refractivity contribution in [1.82, 2.24) is 4.90 Å². The first kappa shape index (κ1) is 14.9. The number of rotatable bonds is 3. The number of carbonyl (C=O) groups excluding carboxylic acids is 1. The topological polar surface area (TPSA) is 69.6 Å². The summed E-state index contributed by atoms with van der Waals surface area (Å²) in [5.41, 5.74) is -1.83. The van der Waals surface area contributed by atoms with Crippen molar-refractivity contribution in [2.45, 2.75) is 19.4 Å². The molecule has 0 aliphatic rings. The van der Waals surface area contributed by atoms with Gasteiger partial charge in [-0.15, -0.1) is 0 Å². The van der Waals surface area contributed by atoms with E-state index in [0.29, 0.717) is 0 Å². The molecule has 19 heavy (non-hydrogen) atoms. The van der Waals surface area contributed by atoms with Crippen LogP contribution < -0.4 is 5.32 Å². The maximum absolute atomic E-state index is 13.3. The van der Waals surface area contributed by atoms with E-state index < -0.39 is 29.2 Å². The van der Waals surface area contributed by atoms with Gasteiger partial charge in [-0.25, -0.2) is 18.4 Å². The SMILES string of the molecule is CN(C(=O)Nc1cc(F)ccc1F)C(C)(C)C(=O)O. The lowest BCUT2D eigenvalue weighted by atomic mass is 10.1. The first-order valence-corrected chi connectivity index (χ1v) is 5.39. The third-order valence-electron chi connectivity index (χ3n) is 2.84. The van der Waals surface area contributed by atoms with E-state index in [0.717, 1.165) is 23.1 Å². The minimum Gasteiger partial charge on any atom is -0.480 e. The van der Waals surface area contributed by atoms with Crippen LogP contribution in [0, 0.1) is 11.6 Å². The molecular formula is C12H14F2N2O3. The summed E-state index contributed by atoms with van der Waals surface area (Å²) in [7, 11) is 1.25. The number of aliphatic carboxylic acids is 1. The molecule has 0 aliphatic heterocycles. The molecule has 2 N–H and O–H groups in total. The number of hydrogen-bond donors (Lipinski definition) is 2. The van der Waals surface area contributed by atoms with Gasteiger partial charge in [0.05, 0.1) is 5.69 Å². The summed E-state index contributed by atoms with van der Waals surface area (Å²) < 4.78 is 26.3. The molecule has 0 bridgehead atoms. The molecule has 0 unspecified atom stereocenters. The standard InChI is InChI=1S/C12H14F2N2O3/c1-12(2,10(17)18)16(3)11(19)15-9-6-7(13)4-5-8(9)14/h4-6H,1-3H3,(H,15,19)(H,17,18). The van der Waals surface area contributed by atoms with E-state index in [9.17, 15) is 18.4 Å². The Morgan fingerprint density at radius 3 is 2.42 bits per heavy atom. The predicted octanol–water partition coefficient (Wildman–Crippen LogP) is 2.29. The van der Waals surface area contributed by atoms with Crippen molar-refractivity contribution in [3.8, 4) is 0 Å². The monoisotopic (exact) mass is 272 g/mol. The molecule has 1 rings (SSSR count). The van der Waals surface area contributed by atoms with Gasteiger partial charge in [-0.05, 0) is 26.0 Å². The summed E-state index contributed by atoms with van der Waals surface area (Å²) in [5.74, 6) is -2.74. The number of carbonyl (C=O) groups is 2. The Hall–Kier alpha value is -2.18. The minimum absolute atomic E-state index is 0.349. The molecule has 0 heterocycles. The molecule has 0 aromatic heterocycles. The zero-order valence-corrected chi connectivity index (χ0v) is 10.7. The Morgan fingerprint density at radius 2 is 1.89 bits per heavy atom. The zero-order chi connectivity index (χ0) is 14.8. The Morgan fingerprint density at radius 1 is 1.32 bits per heavy atom. The Bertz CT molecular complexity index is 518. The van der Waals surface area contributed by atoms with Crippen LogP contribution in [-0.4, -0.2) is 34.6 Å². The van der Waals surface area contributed by atoms with Gasteiger partial charge in [0.15, 0.2) is 0 Å². The number of nitrogens with one attached hydrogen (secondary N) is 1. The van der Waals surface area contributed by atoms with Crippen LogP contribution in [0.5, 0.6) is 0 Å². The third-order valence-corrected chi connectivity index (χ3v) is 2.84. The van der Waals surface area contributed by atoms with Gasteiger partial charge in [-0.1, -0.05) is 0 Å². The molecule has 0 saturated heterocycles. The predicted molar refractivity (Wildman–Crippen MR) is 64.9 cm³/mol. The van der Waals surface area contributed by atoms with Gasteiger partial charge in [0.2, 0.25) is 0 Å². The fraction of sp³-hybridized carbons (Fsp3) is 0.333. The van der Waals surface area contributed by atoms with Crippen molar-refractivity contribution in [3.05, 3.63) is 29.8 Å². The minimum atomic E-state index is -1.48. The summed E-state index contributed by atoms with van der Waals surface area (Å²) >= 11 is 0. The highest BCUT2D eigenvalue weighted by atomic mass is 19.1. The Kier molecular flexibility index (Phi) is 4.08. The number of benzene rings is 1. The molecule has 104 valence electrons. The fourth-order valence-corrected chi connectivity index (χ4v) is 1.19. The highest BCUT2D eigenvalue weighted by Gasteiger charge is 2.35. The maximum Gasteiger partial charge on any atom is 0.329 e. The first-order chi connectivity index (χ1) is 8.66. The van der Waals surface area contributed by atoms with Crippen LogP contribution in [0.4, 0.5) is 19.3 Å². The normalized spacial score (nSPS) is 11.0. The molecule has 0 aliphatic carbocycles. The van der Waals surface area contributed by atoms with Crippen LogP contribution in [0.3, 0.4) is 0 Å². The lowest BCUT2D eigenvalue weighted by Crippen LogP contribution is -2.52. The number of carboxylic acids is 1. The molecule has 0 fully saturated rings. The van der Waals surface area contributed by atoms with Gasteiger partial charge in [-0.2, -0.15) is 0 Å². The van der Waals surface area contributed by atoms with Crippen LogP contribution in [0.2, 0.25) is 0 Å². The second kappa shape index (κ2) is 5.21. The maximum atomic E-state index is 13.3. The van der Waals surface area contributed by atoms with E-state index in [-0.39, 0.29) is 5.69 Å². The number of halogens is 2. The van der Waals surface area contributed by atoms with E-state index in [1.165, 1.54) is 20.9 Å². The number of urea groups is 1. The molecule has 1 aromatic carbocycles. The highest BCUT2D eigenvalue weighted by molar-refractivity contribution is 5.93. The van der Waals surface area contributed by atoms with Crippen LogP contribution in [0.25, 0.3) is 0 Å². The molecular weight excluding hydrogens is 258 g/mol. The average Bonchev–Trinajstić information content (AvgIpc) is 2.32. The molecule has 5 nitrogen and oxygen atoms in total. The van der Waals surface area contributed by atoms with Crippen LogP contribution in [-0.2, 0) is 4.79 Å². The van der Waals surface area contributed by atoms with E-state index >= 15 is 0 Å². The molecule has 0 saturated carbocycles. The van der Waals surface area contributed by atoms with Crippen molar-refractivity contribution >= 4 is 17.7 Å². The van der Waals surface area contributed by atoms with Crippen molar-refractivity contribution in [3.63, 3.8) is 0 Å². The molecule has 0 spiro atoms. The number of amides is 2. The third kappa shape index (κ3) is 3.18. The van der Waals surface area contributed by atoms with E-state index in [1.807, 2.05) is 0 Å². The van der Waals surface area contributed by atoms with Gasteiger partial charge in [0, 0.05) is 13.1 Å². The molecule has 0 radical (unpaired) electrons. The second-order valence-corrected chi connectivity index (χ2v) is 4.48. The van der Waals surface area contributed by atoms with E-state index in [1.54, 1.807) is 0 Å². The number of anilines is 1. The number of nitrogens with zero attached hydrogens (tertiary/aromatic N) is 1. The first-order valence-electron chi connectivity index (χ1n) is 5.39. The molecule has 2 amide bonds.